The van der Waals surface area contributed by atoms with Crippen LogP contribution in [0.25, 0.3) is 11.5 Å². The largest absolute Gasteiger partial charge is 0.495 e. The third-order valence-corrected chi connectivity index (χ3v) is 5.02. The van der Waals surface area contributed by atoms with E-state index in [1.54, 1.807) is 24.1 Å². The van der Waals surface area contributed by atoms with Gasteiger partial charge in [0.2, 0.25) is 5.91 Å². The number of nitrogens with zero attached hydrogens (tertiary/aromatic N) is 4. The van der Waals surface area contributed by atoms with Crippen LogP contribution in [0.4, 0.5) is 5.69 Å². The molecule has 29 heavy (non-hydrogen) atoms. The smallest absolute Gasteiger partial charge is 0.254 e. The van der Waals surface area contributed by atoms with Gasteiger partial charge in [-0.2, -0.15) is 0 Å². The van der Waals surface area contributed by atoms with Gasteiger partial charge in [0.25, 0.3) is 5.56 Å². The Morgan fingerprint density at radius 3 is 2.62 bits per heavy atom. The van der Waals surface area contributed by atoms with Crippen LogP contribution < -0.4 is 15.2 Å². The molecule has 1 aliphatic rings. The monoisotopic (exact) mass is 394 g/mol. The average Bonchev–Trinajstić information content (AvgIpc) is 3.30. The molecule has 3 aromatic rings. The molecule has 3 heterocycles. The minimum atomic E-state index is -0.285. The van der Waals surface area contributed by atoms with E-state index in [1.165, 1.54) is 23.2 Å². The number of amides is 1. The molecule has 0 radical (unpaired) electrons. The minimum Gasteiger partial charge on any atom is -0.495 e. The summed E-state index contributed by atoms with van der Waals surface area (Å²) < 4.78 is 12.0. The van der Waals surface area contributed by atoms with Crippen molar-refractivity contribution in [2.45, 2.75) is 6.54 Å². The zero-order valence-electron chi connectivity index (χ0n) is 16.2. The number of rotatable bonds is 5. The molecule has 4 rings (SSSR count). The number of para-hydroxylation sites is 2. The molecule has 0 spiro atoms. The number of furan rings is 1. The highest BCUT2D eigenvalue weighted by molar-refractivity contribution is 5.76. The van der Waals surface area contributed by atoms with Crippen molar-refractivity contribution in [2.75, 3.05) is 38.2 Å². The number of hydrogen-bond donors (Lipinski definition) is 0. The maximum Gasteiger partial charge on any atom is 0.254 e. The maximum atomic E-state index is 12.7. The summed E-state index contributed by atoms with van der Waals surface area (Å²) in [6.07, 6.45) is 2.92. The summed E-state index contributed by atoms with van der Waals surface area (Å²) in [6.45, 7) is 2.55. The second-order valence-electron chi connectivity index (χ2n) is 6.76. The number of carbonyl (C=O) groups excluding carboxylic acids is 1. The molecule has 0 N–H and O–H groups in total. The first-order chi connectivity index (χ1) is 14.2. The van der Waals surface area contributed by atoms with Crippen LogP contribution in [-0.4, -0.2) is 53.6 Å². The third kappa shape index (κ3) is 4.01. The van der Waals surface area contributed by atoms with E-state index in [-0.39, 0.29) is 18.0 Å². The third-order valence-electron chi connectivity index (χ3n) is 5.02. The molecule has 150 valence electrons. The molecule has 0 saturated carbocycles. The lowest BCUT2D eigenvalue weighted by atomic mass is 10.2. The standard InChI is InChI=1S/C21H22N4O4/c1-28-19-6-3-2-5-17(19)23-8-10-24(11-9-23)21(27)14-25-15-22-16(13-20(25)26)18-7-4-12-29-18/h2-7,12-13,15H,8-11,14H2,1H3. The van der Waals surface area contributed by atoms with Crippen LogP contribution in [0, 0.1) is 0 Å². The van der Waals surface area contributed by atoms with Crippen LogP contribution in [0.2, 0.25) is 0 Å². The topological polar surface area (TPSA) is 80.8 Å². The predicted molar refractivity (Wildman–Crippen MR) is 108 cm³/mol. The summed E-state index contributed by atoms with van der Waals surface area (Å²) in [7, 11) is 1.65. The SMILES string of the molecule is COc1ccccc1N1CCN(C(=O)Cn2cnc(-c3ccco3)cc2=O)CC1. The Labute approximate surface area is 167 Å². The van der Waals surface area contributed by atoms with Crippen LogP contribution in [0.5, 0.6) is 5.75 Å². The Kier molecular flexibility index (Phi) is 5.33. The van der Waals surface area contributed by atoms with Gasteiger partial charge in [-0.05, 0) is 24.3 Å². The zero-order valence-corrected chi connectivity index (χ0v) is 16.2. The molecular formula is C21H22N4O4. The van der Waals surface area contributed by atoms with Gasteiger partial charge in [0.1, 0.15) is 18.0 Å². The van der Waals surface area contributed by atoms with Crippen LogP contribution >= 0.6 is 0 Å². The Morgan fingerprint density at radius 1 is 1.14 bits per heavy atom. The summed E-state index contributed by atoms with van der Waals surface area (Å²) in [6, 6.07) is 12.7. The predicted octanol–water partition coefficient (Wildman–Crippen LogP) is 1.86. The molecular weight excluding hydrogens is 372 g/mol. The van der Waals surface area contributed by atoms with Crippen molar-refractivity contribution in [3.05, 3.63) is 65.4 Å². The lowest BCUT2D eigenvalue weighted by Crippen LogP contribution is -2.50. The van der Waals surface area contributed by atoms with Crippen molar-refractivity contribution in [3.63, 3.8) is 0 Å². The normalized spacial score (nSPS) is 14.1. The first-order valence-corrected chi connectivity index (χ1v) is 9.42. The fraction of sp³-hybridized carbons (Fsp3) is 0.286. The Balaban J connectivity index is 1.38. The molecule has 0 atom stereocenters. The van der Waals surface area contributed by atoms with Crippen molar-refractivity contribution < 1.29 is 13.9 Å². The highest BCUT2D eigenvalue weighted by Gasteiger charge is 2.23. The molecule has 2 aromatic heterocycles. The van der Waals surface area contributed by atoms with Gasteiger partial charge < -0.3 is 19.0 Å². The molecule has 0 unspecified atom stereocenters. The number of anilines is 1. The number of carbonyl (C=O) groups is 1. The number of aromatic nitrogens is 2. The Morgan fingerprint density at radius 2 is 1.93 bits per heavy atom. The van der Waals surface area contributed by atoms with Gasteiger partial charge in [0.05, 0.1) is 25.4 Å². The zero-order chi connectivity index (χ0) is 20.2. The molecule has 8 heteroatoms. The molecule has 1 aliphatic heterocycles. The van der Waals surface area contributed by atoms with E-state index in [4.69, 9.17) is 9.15 Å². The lowest BCUT2D eigenvalue weighted by Gasteiger charge is -2.36. The lowest BCUT2D eigenvalue weighted by molar-refractivity contribution is -0.132. The van der Waals surface area contributed by atoms with Crippen molar-refractivity contribution in [3.8, 4) is 17.2 Å². The number of methoxy groups -OCH3 is 1. The second kappa shape index (κ2) is 8.22. The summed E-state index contributed by atoms with van der Waals surface area (Å²) in [5.41, 5.74) is 1.19. The van der Waals surface area contributed by atoms with E-state index in [9.17, 15) is 9.59 Å². The first-order valence-electron chi connectivity index (χ1n) is 9.42. The molecule has 1 fully saturated rings. The van der Waals surface area contributed by atoms with E-state index in [0.717, 1.165) is 11.4 Å². The van der Waals surface area contributed by atoms with Gasteiger partial charge in [0.15, 0.2) is 5.76 Å². The van der Waals surface area contributed by atoms with E-state index < -0.39 is 0 Å². The van der Waals surface area contributed by atoms with Crippen molar-refractivity contribution in [1.29, 1.82) is 0 Å². The van der Waals surface area contributed by atoms with Crippen LogP contribution in [0.1, 0.15) is 0 Å². The van der Waals surface area contributed by atoms with Gasteiger partial charge in [-0.3, -0.25) is 14.2 Å². The van der Waals surface area contributed by atoms with Gasteiger partial charge in [-0.25, -0.2) is 4.98 Å². The van der Waals surface area contributed by atoms with Crippen LogP contribution in [0.15, 0.2) is 64.3 Å². The number of piperazine rings is 1. The molecule has 0 aliphatic carbocycles. The van der Waals surface area contributed by atoms with Crippen molar-refractivity contribution in [2.24, 2.45) is 0 Å². The Bertz CT molecular complexity index is 1040. The van der Waals surface area contributed by atoms with Crippen LogP contribution in [-0.2, 0) is 11.3 Å². The van der Waals surface area contributed by atoms with Gasteiger partial charge in [-0.15, -0.1) is 0 Å². The van der Waals surface area contributed by atoms with E-state index in [0.29, 0.717) is 37.6 Å². The van der Waals surface area contributed by atoms with Gasteiger partial charge in [-0.1, -0.05) is 12.1 Å². The number of hydrogen-bond acceptors (Lipinski definition) is 6. The highest BCUT2D eigenvalue weighted by atomic mass is 16.5. The van der Waals surface area contributed by atoms with Gasteiger partial charge >= 0.3 is 0 Å². The summed E-state index contributed by atoms with van der Waals surface area (Å²) in [4.78, 5) is 33.2. The van der Waals surface area contributed by atoms with Crippen molar-refractivity contribution >= 4 is 11.6 Å². The fourth-order valence-corrected chi connectivity index (χ4v) is 3.44. The van der Waals surface area contributed by atoms with E-state index in [1.807, 2.05) is 24.3 Å². The van der Waals surface area contributed by atoms with E-state index >= 15 is 0 Å². The quantitative estimate of drug-likeness (QED) is 0.657. The number of benzene rings is 1. The fourth-order valence-electron chi connectivity index (χ4n) is 3.44. The Hall–Kier alpha value is -3.55. The average molecular weight is 394 g/mol. The molecule has 1 aromatic carbocycles. The highest BCUT2D eigenvalue weighted by Crippen LogP contribution is 2.28. The maximum absolute atomic E-state index is 12.7. The summed E-state index contributed by atoms with van der Waals surface area (Å²) in [5, 5.41) is 0. The minimum absolute atomic E-state index is 0.0288. The summed E-state index contributed by atoms with van der Waals surface area (Å²) in [5.74, 6) is 1.24. The molecule has 1 saturated heterocycles. The van der Waals surface area contributed by atoms with Gasteiger partial charge in [0, 0.05) is 32.2 Å². The first kappa shape index (κ1) is 18.8. The van der Waals surface area contributed by atoms with E-state index in [2.05, 4.69) is 9.88 Å². The number of ether oxygens (including phenoxy) is 1. The van der Waals surface area contributed by atoms with Crippen LogP contribution in [0.3, 0.4) is 0 Å². The molecule has 0 bridgehead atoms. The summed E-state index contributed by atoms with van der Waals surface area (Å²) >= 11 is 0. The second-order valence-corrected chi connectivity index (χ2v) is 6.76. The molecule has 8 nitrogen and oxygen atoms in total. The molecule has 1 amide bonds. The van der Waals surface area contributed by atoms with Crippen molar-refractivity contribution in [1.82, 2.24) is 14.5 Å².